The van der Waals surface area contributed by atoms with E-state index in [4.69, 9.17) is 4.74 Å². The maximum atomic E-state index is 12.0. The molecule has 1 aliphatic heterocycles. The second-order valence-electron chi connectivity index (χ2n) is 7.19. The van der Waals surface area contributed by atoms with E-state index >= 15 is 0 Å². The minimum absolute atomic E-state index is 0.113. The van der Waals surface area contributed by atoms with Crippen molar-refractivity contribution >= 4 is 22.1 Å². The van der Waals surface area contributed by atoms with Crippen LogP contribution in [0.15, 0.2) is 0 Å². The van der Waals surface area contributed by atoms with Gasteiger partial charge in [-0.25, -0.2) is 4.79 Å². The lowest BCUT2D eigenvalue weighted by Gasteiger charge is -2.49. The number of amides is 2. The third-order valence-corrected chi connectivity index (χ3v) is 5.63. The largest absolute Gasteiger partial charge is 0.444 e. The lowest BCUT2D eigenvalue weighted by molar-refractivity contribution is -0.136. The standard InChI is InChI=1S/C14H24N2O6S/c1-13(2,3)22-12(18)16-14(23(19,20)21)10(15-11(14)17)9-7-5-4-6-8-9/h9-10H,4-8H2,1-3H3,(H,15,17)(H,16,18)(H,19,20,21). The average Bonchev–Trinajstić information content (AvgIpc) is 2.39. The van der Waals surface area contributed by atoms with E-state index in [1.54, 1.807) is 20.8 Å². The zero-order valence-electron chi connectivity index (χ0n) is 13.6. The molecule has 132 valence electrons. The number of carbonyl (C=O) groups is 2. The Bertz CT molecular complexity index is 591. The number of rotatable bonds is 3. The molecule has 2 aliphatic rings. The van der Waals surface area contributed by atoms with Gasteiger partial charge in [-0.3, -0.25) is 14.7 Å². The topological polar surface area (TPSA) is 122 Å². The van der Waals surface area contributed by atoms with Crippen LogP contribution >= 0.6 is 0 Å². The van der Waals surface area contributed by atoms with Gasteiger partial charge in [0.1, 0.15) is 5.60 Å². The molecule has 2 fully saturated rings. The van der Waals surface area contributed by atoms with Gasteiger partial charge in [-0.2, -0.15) is 8.42 Å². The van der Waals surface area contributed by atoms with Crippen LogP contribution in [0.25, 0.3) is 0 Å². The molecule has 0 aromatic heterocycles. The van der Waals surface area contributed by atoms with E-state index in [2.05, 4.69) is 10.6 Å². The summed E-state index contributed by atoms with van der Waals surface area (Å²) in [6.07, 6.45) is 3.31. The first-order valence-corrected chi connectivity index (χ1v) is 9.20. The molecule has 2 rings (SSSR count). The van der Waals surface area contributed by atoms with Gasteiger partial charge in [0.05, 0.1) is 6.04 Å². The predicted molar refractivity (Wildman–Crippen MR) is 82.2 cm³/mol. The fourth-order valence-corrected chi connectivity index (χ4v) is 4.34. The van der Waals surface area contributed by atoms with Crippen molar-refractivity contribution in [2.75, 3.05) is 0 Å². The average molecular weight is 348 g/mol. The summed E-state index contributed by atoms with van der Waals surface area (Å²) in [5, 5.41) is 4.64. The SMILES string of the molecule is CC(C)(C)OC(=O)NC1(S(=O)(=O)O)C(=O)NC1C1CCCCC1. The number of ether oxygens (including phenoxy) is 1. The van der Waals surface area contributed by atoms with Crippen LogP contribution in [0.1, 0.15) is 52.9 Å². The molecule has 0 spiro atoms. The van der Waals surface area contributed by atoms with Crippen LogP contribution in [-0.4, -0.2) is 41.5 Å². The van der Waals surface area contributed by atoms with Gasteiger partial charge in [-0.1, -0.05) is 19.3 Å². The molecule has 0 aromatic rings. The minimum Gasteiger partial charge on any atom is -0.444 e. The number of nitrogens with one attached hydrogen (secondary N) is 2. The highest BCUT2D eigenvalue weighted by atomic mass is 32.2. The first-order chi connectivity index (χ1) is 10.5. The van der Waals surface area contributed by atoms with Crippen molar-refractivity contribution in [3.05, 3.63) is 0 Å². The van der Waals surface area contributed by atoms with E-state index < -0.39 is 38.6 Å². The van der Waals surface area contributed by atoms with E-state index in [-0.39, 0.29) is 5.92 Å². The van der Waals surface area contributed by atoms with Gasteiger partial charge in [-0.15, -0.1) is 0 Å². The van der Waals surface area contributed by atoms with Crippen LogP contribution in [0.3, 0.4) is 0 Å². The third kappa shape index (κ3) is 3.45. The second-order valence-corrected chi connectivity index (χ2v) is 8.78. The molecular formula is C14H24N2O6S. The van der Waals surface area contributed by atoms with Crippen molar-refractivity contribution in [3.63, 3.8) is 0 Å². The fraction of sp³-hybridized carbons (Fsp3) is 0.857. The number of hydrogen-bond donors (Lipinski definition) is 3. The van der Waals surface area contributed by atoms with Crippen LogP contribution < -0.4 is 10.6 Å². The van der Waals surface area contributed by atoms with Gasteiger partial charge in [0.15, 0.2) is 0 Å². The highest BCUT2D eigenvalue weighted by Gasteiger charge is 2.67. The first kappa shape index (κ1) is 18.0. The van der Waals surface area contributed by atoms with Crippen molar-refractivity contribution in [1.82, 2.24) is 10.6 Å². The third-order valence-electron chi connectivity index (χ3n) is 4.28. The number of alkyl carbamates (subject to hydrolysis) is 1. The van der Waals surface area contributed by atoms with E-state index in [0.29, 0.717) is 0 Å². The smallest absolute Gasteiger partial charge is 0.409 e. The molecule has 0 aromatic carbocycles. The molecule has 23 heavy (non-hydrogen) atoms. The molecule has 8 nitrogen and oxygen atoms in total. The fourth-order valence-electron chi connectivity index (χ4n) is 3.26. The van der Waals surface area contributed by atoms with Crippen molar-refractivity contribution in [2.45, 2.75) is 69.4 Å². The zero-order chi connectivity index (χ0) is 17.5. The molecule has 9 heteroatoms. The quantitative estimate of drug-likeness (QED) is 0.520. The summed E-state index contributed by atoms with van der Waals surface area (Å²) in [5.41, 5.74) is -0.856. The molecule has 3 N–H and O–H groups in total. The van der Waals surface area contributed by atoms with Crippen LogP contribution in [0, 0.1) is 5.92 Å². The van der Waals surface area contributed by atoms with Crippen LogP contribution in [0.4, 0.5) is 4.79 Å². The van der Waals surface area contributed by atoms with Crippen LogP contribution in [0.2, 0.25) is 0 Å². The Hall–Kier alpha value is -1.35. The molecule has 0 bridgehead atoms. The predicted octanol–water partition coefficient (Wildman–Crippen LogP) is 1.17. The van der Waals surface area contributed by atoms with Gasteiger partial charge in [0, 0.05) is 0 Å². The maximum Gasteiger partial charge on any atom is 0.409 e. The Morgan fingerprint density at radius 2 is 1.87 bits per heavy atom. The molecule has 1 aliphatic carbocycles. The molecule has 0 radical (unpaired) electrons. The Balaban J connectivity index is 2.27. The lowest BCUT2D eigenvalue weighted by Crippen LogP contribution is -2.84. The summed E-state index contributed by atoms with van der Waals surface area (Å²) in [4.78, 5) is 21.7. The zero-order valence-corrected chi connectivity index (χ0v) is 14.4. The molecule has 2 unspecified atom stereocenters. The normalized spacial score (nSPS) is 29.4. The molecular weight excluding hydrogens is 324 g/mol. The van der Waals surface area contributed by atoms with E-state index in [1.807, 2.05) is 0 Å². The number of hydrogen-bond acceptors (Lipinski definition) is 5. The summed E-state index contributed by atoms with van der Waals surface area (Å²) in [6.45, 7) is 4.85. The summed E-state index contributed by atoms with van der Waals surface area (Å²) >= 11 is 0. The summed E-state index contributed by atoms with van der Waals surface area (Å²) in [7, 11) is -4.85. The lowest BCUT2D eigenvalue weighted by atomic mass is 9.77. The molecule has 1 saturated heterocycles. The Labute approximate surface area is 136 Å². The highest BCUT2D eigenvalue weighted by molar-refractivity contribution is 7.88. The second kappa shape index (κ2) is 5.94. The summed E-state index contributed by atoms with van der Waals surface area (Å²) < 4.78 is 38.5. The Morgan fingerprint density at radius 1 is 1.30 bits per heavy atom. The Morgan fingerprint density at radius 3 is 2.30 bits per heavy atom. The highest BCUT2D eigenvalue weighted by Crippen LogP contribution is 2.38. The van der Waals surface area contributed by atoms with Gasteiger partial charge in [0.2, 0.25) is 0 Å². The van der Waals surface area contributed by atoms with Gasteiger partial charge >= 0.3 is 16.2 Å². The molecule has 2 amide bonds. The molecule has 1 heterocycles. The Kier molecular flexibility index (Phi) is 4.64. The van der Waals surface area contributed by atoms with Gasteiger partial charge in [0.25, 0.3) is 10.8 Å². The summed E-state index contributed by atoms with van der Waals surface area (Å²) in [5.74, 6) is -1.04. The van der Waals surface area contributed by atoms with Crippen molar-refractivity contribution < 1.29 is 27.3 Å². The monoisotopic (exact) mass is 348 g/mol. The van der Waals surface area contributed by atoms with Crippen LogP contribution in [-0.2, 0) is 19.6 Å². The van der Waals surface area contributed by atoms with E-state index in [1.165, 1.54) is 0 Å². The first-order valence-electron chi connectivity index (χ1n) is 7.76. The van der Waals surface area contributed by atoms with Crippen molar-refractivity contribution in [3.8, 4) is 0 Å². The summed E-state index contributed by atoms with van der Waals surface area (Å²) in [6, 6.07) is -0.849. The maximum absolute atomic E-state index is 12.0. The van der Waals surface area contributed by atoms with E-state index in [9.17, 15) is 22.6 Å². The van der Waals surface area contributed by atoms with Gasteiger partial charge in [-0.05, 0) is 39.5 Å². The van der Waals surface area contributed by atoms with Crippen molar-refractivity contribution in [2.24, 2.45) is 5.92 Å². The van der Waals surface area contributed by atoms with Crippen LogP contribution in [0.5, 0.6) is 0 Å². The number of β-lactam (4-membered cyclic amide) rings is 1. The number of carbonyl (C=O) groups excluding carboxylic acids is 2. The molecule has 2 atom stereocenters. The van der Waals surface area contributed by atoms with Gasteiger partial charge < -0.3 is 10.1 Å². The minimum atomic E-state index is -4.85. The van der Waals surface area contributed by atoms with E-state index in [0.717, 1.165) is 32.1 Å². The molecule has 1 saturated carbocycles. The van der Waals surface area contributed by atoms with Crippen molar-refractivity contribution in [1.29, 1.82) is 0 Å².